The van der Waals surface area contributed by atoms with E-state index in [1.165, 1.54) is 7.11 Å². The molecule has 0 amide bonds. The molecule has 1 aromatic heterocycles. The lowest BCUT2D eigenvalue weighted by molar-refractivity contribution is 0.0602. The number of carbonyl (C=O) groups excluding carboxylic acids is 1. The van der Waals surface area contributed by atoms with Crippen LogP contribution in [0.2, 0.25) is 0 Å². The molecule has 0 atom stereocenters. The number of fused-ring (bicyclic) bond motifs is 1. The first-order valence-electron chi connectivity index (χ1n) is 5.83. The van der Waals surface area contributed by atoms with Crippen LogP contribution in [-0.2, 0) is 10.3 Å². The van der Waals surface area contributed by atoms with Crippen LogP contribution in [0.1, 0.15) is 24.2 Å². The predicted octanol–water partition coefficient (Wildman–Crippen LogP) is 3.35. The zero-order chi connectivity index (χ0) is 13.3. The highest BCUT2D eigenvalue weighted by atomic mass is 16.5. The molecule has 0 saturated heterocycles. The number of methoxy groups -OCH3 is 1. The van der Waals surface area contributed by atoms with E-state index < -0.39 is 0 Å². The number of para-hydroxylation sites is 1. The molecule has 0 bridgehead atoms. The van der Waals surface area contributed by atoms with E-state index in [1.54, 1.807) is 0 Å². The standard InChI is InChI=1S/C15H17NO2/c1-5-15(2,3)16-10-12(14(17)18-4)11-8-6-7-9-13(11)16/h5-10H,1H2,2-4H3. The van der Waals surface area contributed by atoms with E-state index in [1.807, 2.05) is 55.0 Å². The summed E-state index contributed by atoms with van der Waals surface area (Å²) in [5.41, 5.74) is 1.33. The minimum Gasteiger partial charge on any atom is -0.465 e. The smallest absolute Gasteiger partial charge is 0.340 e. The Morgan fingerprint density at radius 1 is 1.39 bits per heavy atom. The SMILES string of the molecule is C=CC(C)(C)n1cc(C(=O)OC)c2ccccc21. The highest BCUT2D eigenvalue weighted by Gasteiger charge is 2.22. The Hall–Kier alpha value is -2.03. The maximum absolute atomic E-state index is 11.8. The van der Waals surface area contributed by atoms with Gasteiger partial charge in [-0.15, -0.1) is 6.58 Å². The Kier molecular flexibility index (Phi) is 2.99. The first-order chi connectivity index (χ1) is 8.51. The average molecular weight is 243 g/mol. The van der Waals surface area contributed by atoms with Gasteiger partial charge < -0.3 is 9.30 Å². The average Bonchev–Trinajstić information content (AvgIpc) is 2.78. The van der Waals surface area contributed by atoms with Gasteiger partial charge in [-0.2, -0.15) is 0 Å². The van der Waals surface area contributed by atoms with Crippen molar-refractivity contribution in [3.8, 4) is 0 Å². The van der Waals surface area contributed by atoms with Crippen molar-refractivity contribution in [2.24, 2.45) is 0 Å². The van der Waals surface area contributed by atoms with Crippen LogP contribution in [0.3, 0.4) is 0 Å². The highest BCUT2D eigenvalue weighted by molar-refractivity contribution is 6.04. The normalized spacial score (nSPS) is 11.5. The fourth-order valence-corrected chi connectivity index (χ4v) is 2.03. The molecule has 2 aromatic rings. The second kappa shape index (κ2) is 4.33. The van der Waals surface area contributed by atoms with Crippen LogP contribution in [0.15, 0.2) is 43.1 Å². The molecule has 0 saturated carbocycles. The predicted molar refractivity (Wildman–Crippen MR) is 72.8 cm³/mol. The number of allylic oxidation sites excluding steroid dienone is 1. The summed E-state index contributed by atoms with van der Waals surface area (Å²) in [4.78, 5) is 11.8. The second-order valence-corrected chi connectivity index (χ2v) is 4.78. The van der Waals surface area contributed by atoms with Crippen molar-refractivity contribution < 1.29 is 9.53 Å². The van der Waals surface area contributed by atoms with Gasteiger partial charge in [0.05, 0.1) is 18.2 Å². The molecule has 0 aliphatic carbocycles. The van der Waals surface area contributed by atoms with Crippen molar-refractivity contribution in [2.75, 3.05) is 7.11 Å². The molecule has 2 rings (SSSR count). The van der Waals surface area contributed by atoms with E-state index in [0.29, 0.717) is 5.56 Å². The van der Waals surface area contributed by atoms with Gasteiger partial charge in [0.2, 0.25) is 0 Å². The zero-order valence-corrected chi connectivity index (χ0v) is 10.9. The number of esters is 1. The van der Waals surface area contributed by atoms with E-state index in [0.717, 1.165) is 10.9 Å². The topological polar surface area (TPSA) is 31.2 Å². The minimum absolute atomic E-state index is 0.258. The molecule has 0 spiro atoms. The van der Waals surface area contributed by atoms with E-state index in [4.69, 9.17) is 4.74 Å². The number of nitrogens with zero attached hydrogens (tertiary/aromatic N) is 1. The summed E-state index contributed by atoms with van der Waals surface area (Å²) in [5.74, 6) is -0.315. The van der Waals surface area contributed by atoms with E-state index in [2.05, 4.69) is 6.58 Å². The number of ether oxygens (including phenoxy) is 1. The van der Waals surface area contributed by atoms with Crippen LogP contribution in [0.4, 0.5) is 0 Å². The van der Waals surface area contributed by atoms with Crippen molar-refractivity contribution in [3.05, 3.63) is 48.7 Å². The van der Waals surface area contributed by atoms with Gasteiger partial charge in [0.25, 0.3) is 0 Å². The molecule has 1 heterocycles. The molecule has 0 aliphatic rings. The van der Waals surface area contributed by atoms with Gasteiger partial charge in [-0.3, -0.25) is 0 Å². The number of hydrogen-bond donors (Lipinski definition) is 0. The van der Waals surface area contributed by atoms with Crippen LogP contribution < -0.4 is 0 Å². The number of rotatable bonds is 3. The lowest BCUT2D eigenvalue weighted by Crippen LogP contribution is -2.22. The molecular weight excluding hydrogens is 226 g/mol. The van der Waals surface area contributed by atoms with Gasteiger partial charge in [-0.25, -0.2) is 4.79 Å². The van der Waals surface area contributed by atoms with Crippen molar-refractivity contribution in [1.82, 2.24) is 4.57 Å². The fraction of sp³-hybridized carbons (Fsp3) is 0.267. The molecule has 0 fully saturated rings. The second-order valence-electron chi connectivity index (χ2n) is 4.78. The van der Waals surface area contributed by atoms with Gasteiger partial charge in [0.15, 0.2) is 0 Å². The molecule has 0 N–H and O–H groups in total. The molecule has 0 radical (unpaired) electrons. The first kappa shape index (κ1) is 12.4. The molecule has 94 valence electrons. The molecule has 18 heavy (non-hydrogen) atoms. The summed E-state index contributed by atoms with van der Waals surface area (Å²) in [6, 6.07) is 7.80. The zero-order valence-electron chi connectivity index (χ0n) is 10.9. The lowest BCUT2D eigenvalue weighted by Gasteiger charge is -2.23. The maximum atomic E-state index is 11.8. The van der Waals surface area contributed by atoms with E-state index in [-0.39, 0.29) is 11.5 Å². The Morgan fingerprint density at radius 2 is 2.06 bits per heavy atom. The molecule has 0 unspecified atom stereocenters. The third-order valence-corrected chi connectivity index (χ3v) is 3.24. The van der Waals surface area contributed by atoms with Gasteiger partial charge in [-0.1, -0.05) is 24.3 Å². The molecule has 0 aliphatic heterocycles. The Labute approximate surface area is 107 Å². The molecule has 3 heteroatoms. The minimum atomic E-state index is -0.315. The number of carbonyl (C=O) groups is 1. The number of benzene rings is 1. The number of aromatic nitrogens is 1. The van der Waals surface area contributed by atoms with Gasteiger partial charge in [-0.05, 0) is 19.9 Å². The first-order valence-corrected chi connectivity index (χ1v) is 5.83. The maximum Gasteiger partial charge on any atom is 0.340 e. The van der Waals surface area contributed by atoms with Gasteiger partial charge in [0, 0.05) is 17.1 Å². The molecule has 1 aromatic carbocycles. The summed E-state index contributed by atoms with van der Waals surface area (Å²) in [5, 5.41) is 0.902. The van der Waals surface area contributed by atoms with Crippen molar-refractivity contribution >= 4 is 16.9 Å². The largest absolute Gasteiger partial charge is 0.465 e. The molecule has 3 nitrogen and oxygen atoms in total. The van der Waals surface area contributed by atoms with Crippen molar-refractivity contribution in [1.29, 1.82) is 0 Å². The third kappa shape index (κ3) is 1.82. The van der Waals surface area contributed by atoms with Crippen LogP contribution >= 0.6 is 0 Å². The highest BCUT2D eigenvalue weighted by Crippen LogP contribution is 2.28. The third-order valence-electron chi connectivity index (χ3n) is 3.24. The van der Waals surface area contributed by atoms with Crippen molar-refractivity contribution in [3.63, 3.8) is 0 Å². The lowest BCUT2D eigenvalue weighted by atomic mass is 10.1. The Morgan fingerprint density at radius 3 is 2.67 bits per heavy atom. The Balaban J connectivity index is 2.77. The summed E-state index contributed by atoms with van der Waals surface area (Å²) in [6.45, 7) is 7.95. The van der Waals surface area contributed by atoms with Crippen LogP contribution in [-0.4, -0.2) is 17.6 Å². The summed E-state index contributed by atoms with van der Waals surface area (Å²) in [6.07, 6.45) is 3.69. The quantitative estimate of drug-likeness (QED) is 0.611. The summed E-state index contributed by atoms with van der Waals surface area (Å²) >= 11 is 0. The monoisotopic (exact) mass is 243 g/mol. The summed E-state index contributed by atoms with van der Waals surface area (Å²) in [7, 11) is 1.40. The van der Waals surface area contributed by atoms with Crippen LogP contribution in [0, 0.1) is 0 Å². The number of hydrogen-bond acceptors (Lipinski definition) is 2. The van der Waals surface area contributed by atoms with Gasteiger partial charge in [0.1, 0.15) is 0 Å². The fourth-order valence-electron chi connectivity index (χ4n) is 2.03. The van der Waals surface area contributed by atoms with Crippen LogP contribution in [0.5, 0.6) is 0 Å². The van der Waals surface area contributed by atoms with E-state index >= 15 is 0 Å². The molecular formula is C15H17NO2. The Bertz CT molecular complexity index is 608. The summed E-state index contributed by atoms with van der Waals surface area (Å²) < 4.78 is 6.87. The van der Waals surface area contributed by atoms with Gasteiger partial charge >= 0.3 is 5.97 Å². The van der Waals surface area contributed by atoms with E-state index in [9.17, 15) is 4.79 Å². The van der Waals surface area contributed by atoms with Crippen LogP contribution in [0.25, 0.3) is 10.9 Å². The van der Waals surface area contributed by atoms with Crippen molar-refractivity contribution in [2.45, 2.75) is 19.4 Å².